The normalized spacial score (nSPS) is 10.5. The van der Waals surface area contributed by atoms with Gasteiger partial charge in [-0.2, -0.15) is 0 Å². The summed E-state index contributed by atoms with van der Waals surface area (Å²) < 4.78 is 0. The fourth-order valence-electron chi connectivity index (χ4n) is 2.94. The van der Waals surface area contributed by atoms with Crippen molar-refractivity contribution in [3.8, 4) is 11.8 Å². The molecule has 0 saturated heterocycles. The van der Waals surface area contributed by atoms with Gasteiger partial charge in [0.2, 0.25) is 0 Å². The molecular weight excluding hydrogens is 322 g/mol. The zero-order valence-corrected chi connectivity index (χ0v) is 13.9. The Labute approximate surface area is 150 Å². The highest BCUT2D eigenvalue weighted by molar-refractivity contribution is 5.94. The molecule has 0 saturated carbocycles. The van der Waals surface area contributed by atoms with Gasteiger partial charge in [0.05, 0.1) is 5.56 Å². The number of carboxylic acid groups (broad SMARTS) is 1. The van der Waals surface area contributed by atoms with E-state index in [9.17, 15) is 4.79 Å². The maximum Gasteiger partial charge on any atom is 0.335 e. The second-order valence-corrected chi connectivity index (χ2v) is 6.15. The Morgan fingerprint density at radius 1 is 0.692 bits per heavy atom. The molecule has 124 valence electrons. The molecule has 0 aliphatic heterocycles. The van der Waals surface area contributed by atoms with Crippen LogP contribution in [0.5, 0.6) is 0 Å². The summed E-state index contributed by atoms with van der Waals surface area (Å²) in [6.07, 6.45) is 0. The first-order valence-corrected chi connectivity index (χ1v) is 8.17. The van der Waals surface area contributed by atoms with Gasteiger partial charge in [-0.3, -0.25) is 0 Å². The largest absolute Gasteiger partial charge is 0.478 e. The molecule has 0 radical (unpaired) electrons. The van der Waals surface area contributed by atoms with Crippen LogP contribution in [0.25, 0.3) is 21.5 Å². The van der Waals surface area contributed by atoms with Crippen LogP contribution in [-0.4, -0.2) is 11.1 Å². The van der Waals surface area contributed by atoms with Crippen LogP contribution in [0.4, 0.5) is 5.69 Å². The van der Waals surface area contributed by atoms with Crippen molar-refractivity contribution in [3.63, 3.8) is 0 Å². The minimum atomic E-state index is -0.922. The van der Waals surface area contributed by atoms with Crippen molar-refractivity contribution in [2.45, 2.75) is 0 Å². The molecule has 0 spiro atoms. The van der Waals surface area contributed by atoms with Gasteiger partial charge >= 0.3 is 5.97 Å². The van der Waals surface area contributed by atoms with E-state index in [4.69, 9.17) is 10.8 Å². The van der Waals surface area contributed by atoms with Gasteiger partial charge < -0.3 is 10.8 Å². The molecule has 0 aliphatic rings. The molecule has 0 heterocycles. The topological polar surface area (TPSA) is 63.3 Å². The van der Waals surface area contributed by atoms with Crippen molar-refractivity contribution in [2.24, 2.45) is 0 Å². The molecule has 0 amide bonds. The Morgan fingerprint density at radius 3 is 1.81 bits per heavy atom. The number of benzene rings is 4. The lowest BCUT2D eigenvalue weighted by Gasteiger charge is -2.01. The van der Waals surface area contributed by atoms with Crippen LogP contribution in [0.3, 0.4) is 0 Å². The Morgan fingerprint density at radius 2 is 1.19 bits per heavy atom. The van der Waals surface area contributed by atoms with E-state index in [0.29, 0.717) is 0 Å². The third-order valence-electron chi connectivity index (χ3n) is 4.30. The molecule has 0 fully saturated rings. The number of anilines is 1. The minimum Gasteiger partial charge on any atom is -0.478 e. The van der Waals surface area contributed by atoms with Crippen LogP contribution in [0.15, 0.2) is 72.8 Å². The second kappa shape index (κ2) is 6.27. The van der Waals surface area contributed by atoms with Crippen LogP contribution in [0.2, 0.25) is 0 Å². The fraction of sp³-hybridized carbons (Fsp3) is 0. The van der Waals surface area contributed by atoms with Crippen molar-refractivity contribution in [3.05, 3.63) is 89.5 Å². The molecule has 26 heavy (non-hydrogen) atoms. The Hall–Kier alpha value is -3.77. The molecule has 3 N–H and O–H groups in total. The minimum absolute atomic E-state index is 0.285. The van der Waals surface area contributed by atoms with E-state index in [1.54, 1.807) is 12.1 Å². The summed E-state index contributed by atoms with van der Waals surface area (Å²) in [4.78, 5) is 11.1. The monoisotopic (exact) mass is 337 g/mol. The van der Waals surface area contributed by atoms with Crippen LogP contribution in [0, 0.1) is 11.8 Å². The first-order chi connectivity index (χ1) is 12.6. The van der Waals surface area contributed by atoms with Crippen LogP contribution < -0.4 is 5.73 Å². The Kier molecular flexibility index (Phi) is 3.79. The van der Waals surface area contributed by atoms with Gasteiger partial charge in [0, 0.05) is 16.8 Å². The Bertz CT molecular complexity index is 1230. The van der Waals surface area contributed by atoms with Gasteiger partial charge in [0.1, 0.15) is 0 Å². The highest BCUT2D eigenvalue weighted by Gasteiger charge is 2.03. The summed E-state index contributed by atoms with van der Waals surface area (Å²) in [5.41, 5.74) is 8.66. The number of rotatable bonds is 1. The van der Waals surface area contributed by atoms with E-state index in [0.717, 1.165) is 38.4 Å². The Balaban J connectivity index is 1.68. The summed E-state index contributed by atoms with van der Waals surface area (Å²) in [7, 11) is 0. The van der Waals surface area contributed by atoms with Gasteiger partial charge in [-0.25, -0.2) is 4.79 Å². The van der Waals surface area contributed by atoms with Crippen LogP contribution in [-0.2, 0) is 0 Å². The zero-order chi connectivity index (χ0) is 18.1. The predicted molar refractivity (Wildman–Crippen MR) is 105 cm³/mol. The molecule has 0 bridgehead atoms. The molecule has 0 atom stereocenters. The van der Waals surface area contributed by atoms with E-state index >= 15 is 0 Å². The quantitative estimate of drug-likeness (QED) is 0.392. The molecular formula is C23H15NO2. The average Bonchev–Trinajstić information content (AvgIpc) is 2.65. The first kappa shape index (κ1) is 15.7. The molecule has 4 rings (SSSR count). The average molecular weight is 337 g/mol. The number of nitrogens with two attached hydrogens (primary N) is 1. The number of aromatic carboxylic acids is 1. The fourth-order valence-corrected chi connectivity index (χ4v) is 2.94. The van der Waals surface area contributed by atoms with E-state index in [-0.39, 0.29) is 5.56 Å². The first-order valence-electron chi connectivity index (χ1n) is 8.17. The molecule has 0 aliphatic carbocycles. The van der Waals surface area contributed by atoms with Gasteiger partial charge in [-0.1, -0.05) is 36.1 Å². The summed E-state index contributed by atoms with van der Waals surface area (Å²) >= 11 is 0. The third-order valence-corrected chi connectivity index (χ3v) is 4.30. The number of hydrogen-bond acceptors (Lipinski definition) is 2. The molecule has 3 nitrogen and oxygen atoms in total. The van der Waals surface area contributed by atoms with Gasteiger partial charge in [-0.15, -0.1) is 0 Å². The van der Waals surface area contributed by atoms with Crippen molar-refractivity contribution in [1.29, 1.82) is 0 Å². The molecule has 3 heteroatoms. The molecule has 4 aromatic carbocycles. The number of nitrogen functional groups attached to an aromatic ring is 1. The summed E-state index contributed by atoms with van der Waals surface area (Å²) in [6.45, 7) is 0. The lowest BCUT2D eigenvalue weighted by Crippen LogP contribution is -1.95. The van der Waals surface area contributed by atoms with Crippen LogP contribution >= 0.6 is 0 Å². The summed E-state index contributed by atoms with van der Waals surface area (Å²) in [6, 6.07) is 22.7. The molecule has 4 aromatic rings. The third kappa shape index (κ3) is 3.09. The predicted octanol–water partition coefficient (Wildman–Crippen LogP) is 4.67. The van der Waals surface area contributed by atoms with Gasteiger partial charge in [0.15, 0.2) is 0 Å². The highest BCUT2D eigenvalue weighted by Crippen LogP contribution is 2.20. The lowest BCUT2D eigenvalue weighted by atomic mass is 10.0. The van der Waals surface area contributed by atoms with Crippen molar-refractivity contribution in [1.82, 2.24) is 0 Å². The maximum atomic E-state index is 11.1. The number of carbonyl (C=O) groups is 1. The number of carboxylic acids is 1. The van der Waals surface area contributed by atoms with E-state index < -0.39 is 5.97 Å². The van der Waals surface area contributed by atoms with Crippen molar-refractivity contribution in [2.75, 3.05) is 5.73 Å². The zero-order valence-electron chi connectivity index (χ0n) is 13.9. The number of fused-ring (bicyclic) bond motifs is 2. The van der Waals surface area contributed by atoms with E-state index in [1.807, 2.05) is 60.7 Å². The van der Waals surface area contributed by atoms with Gasteiger partial charge in [-0.05, 0) is 70.1 Å². The molecule has 0 unspecified atom stereocenters. The standard InChI is InChI=1S/C23H15NO2/c24-22-10-9-18-12-16(4-6-20(18)14-22)2-1-15-3-5-19-13-21(23(25)26)8-7-17(19)11-15/h3-14H,24H2,(H,25,26). The maximum absolute atomic E-state index is 11.1. The van der Waals surface area contributed by atoms with Crippen molar-refractivity contribution < 1.29 is 9.90 Å². The highest BCUT2D eigenvalue weighted by atomic mass is 16.4. The smallest absolute Gasteiger partial charge is 0.335 e. The van der Waals surface area contributed by atoms with Crippen molar-refractivity contribution >= 4 is 33.2 Å². The van der Waals surface area contributed by atoms with E-state index in [2.05, 4.69) is 11.8 Å². The summed E-state index contributed by atoms with van der Waals surface area (Å²) in [5.74, 6) is 5.44. The SMILES string of the molecule is Nc1ccc2cc(C#Cc3ccc4cc(C(=O)O)ccc4c3)ccc2c1. The number of hydrogen-bond donors (Lipinski definition) is 2. The van der Waals surface area contributed by atoms with Gasteiger partial charge in [0.25, 0.3) is 0 Å². The van der Waals surface area contributed by atoms with E-state index in [1.165, 1.54) is 0 Å². The lowest BCUT2D eigenvalue weighted by molar-refractivity contribution is 0.0697. The summed E-state index contributed by atoms with van der Waals surface area (Å²) in [5, 5.41) is 13.1. The van der Waals surface area contributed by atoms with Crippen LogP contribution in [0.1, 0.15) is 21.5 Å². The molecule has 0 aromatic heterocycles. The second-order valence-electron chi connectivity index (χ2n) is 6.15.